The molecular weight excluding hydrogens is 288 g/mol. The van der Waals surface area contributed by atoms with Crippen LogP contribution in [-0.4, -0.2) is 11.7 Å². The maximum atomic E-state index is 11.2. The van der Waals surface area contributed by atoms with Crippen LogP contribution < -0.4 is 15.2 Å². The molecule has 0 bridgehead atoms. The topological polar surface area (TPSA) is 56.7 Å². The third kappa shape index (κ3) is 2.62. The van der Waals surface area contributed by atoms with Gasteiger partial charge < -0.3 is 9.15 Å². The van der Waals surface area contributed by atoms with E-state index in [1.807, 2.05) is 29.0 Å². The summed E-state index contributed by atoms with van der Waals surface area (Å²) in [5, 5.41) is 2.78. The first-order chi connectivity index (χ1) is 10.2. The molecule has 0 N–H and O–H groups in total. The van der Waals surface area contributed by atoms with Crippen LogP contribution in [0.4, 0.5) is 5.69 Å². The SMILES string of the molecule is CCn1c(OC)csc1=Nc1ccc2oc(=O)ccc2c1. The molecule has 0 saturated carbocycles. The number of fused-ring (bicyclic) bond motifs is 1. The molecule has 0 radical (unpaired) electrons. The molecule has 6 heteroatoms. The molecule has 0 atom stereocenters. The van der Waals surface area contributed by atoms with Crippen molar-refractivity contribution in [3.8, 4) is 5.88 Å². The van der Waals surface area contributed by atoms with Crippen LogP contribution in [0.2, 0.25) is 0 Å². The van der Waals surface area contributed by atoms with Gasteiger partial charge in [-0.05, 0) is 31.2 Å². The van der Waals surface area contributed by atoms with E-state index in [0.29, 0.717) is 5.58 Å². The van der Waals surface area contributed by atoms with Crippen molar-refractivity contribution in [3.05, 3.63) is 50.9 Å². The Morgan fingerprint density at radius 2 is 2.19 bits per heavy atom. The summed E-state index contributed by atoms with van der Waals surface area (Å²) in [7, 11) is 1.65. The van der Waals surface area contributed by atoms with Crippen molar-refractivity contribution in [2.24, 2.45) is 4.99 Å². The molecule has 2 aromatic heterocycles. The summed E-state index contributed by atoms with van der Waals surface area (Å²) in [5.41, 5.74) is 1.02. The Labute approximate surface area is 124 Å². The zero-order valence-electron chi connectivity index (χ0n) is 11.7. The predicted molar refractivity (Wildman–Crippen MR) is 82.2 cm³/mol. The van der Waals surface area contributed by atoms with E-state index in [9.17, 15) is 4.79 Å². The van der Waals surface area contributed by atoms with Gasteiger partial charge in [-0.15, -0.1) is 11.3 Å². The fraction of sp³-hybridized carbons (Fsp3) is 0.200. The van der Waals surface area contributed by atoms with E-state index in [1.54, 1.807) is 19.2 Å². The Morgan fingerprint density at radius 1 is 1.33 bits per heavy atom. The van der Waals surface area contributed by atoms with Crippen molar-refractivity contribution < 1.29 is 9.15 Å². The van der Waals surface area contributed by atoms with Gasteiger partial charge >= 0.3 is 5.63 Å². The average Bonchev–Trinajstić information content (AvgIpc) is 2.89. The molecular formula is C15H14N2O3S. The van der Waals surface area contributed by atoms with Crippen LogP contribution in [0.1, 0.15) is 6.92 Å². The molecule has 3 rings (SSSR count). The Morgan fingerprint density at radius 3 is 2.95 bits per heavy atom. The molecule has 0 saturated heterocycles. The highest BCUT2D eigenvalue weighted by Crippen LogP contribution is 2.20. The predicted octanol–water partition coefficient (Wildman–Crippen LogP) is 2.92. The molecule has 0 unspecified atom stereocenters. The first-order valence-electron chi connectivity index (χ1n) is 6.52. The third-order valence-corrected chi connectivity index (χ3v) is 3.96. The number of aromatic nitrogens is 1. The molecule has 0 aliphatic rings. The lowest BCUT2D eigenvalue weighted by Gasteiger charge is -2.03. The maximum absolute atomic E-state index is 11.2. The normalized spacial score (nSPS) is 12.0. The van der Waals surface area contributed by atoms with Crippen molar-refractivity contribution in [1.82, 2.24) is 4.57 Å². The molecule has 5 nitrogen and oxygen atoms in total. The summed E-state index contributed by atoms with van der Waals surface area (Å²) in [6, 6.07) is 8.63. The second-order valence-electron chi connectivity index (χ2n) is 4.39. The summed E-state index contributed by atoms with van der Waals surface area (Å²) in [4.78, 5) is 16.7. The lowest BCUT2D eigenvalue weighted by atomic mass is 10.2. The summed E-state index contributed by atoms with van der Waals surface area (Å²) in [6.07, 6.45) is 0. The largest absolute Gasteiger partial charge is 0.482 e. The second kappa shape index (κ2) is 5.57. The van der Waals surface area contributed by atoms with Crippen LogP contribution in [-0.2, 0) is 6.54 Å². The molecule has 21 heavy (non-hydrogen) atoms. The smallest absolute Gasteiger partial charge is 0.336 e. The zero-order chi connectivity index (χ0) is 14.8. The van der Waals surface area contributed by atoms with E-state index in [0.717, 1.165) is 28.3 Å². The van der Waals surface area contributed by atoms with Gasteiger partial charge in [0.2, 0.25) is 5.88 Å². The first kappa shape index (κ1) is 13.6. The van der Waals surface area contributed by atoms with Crippen molar-refractivity contribution in [2.75, 3.05) is 7.11 Å². The van der Waals surface area contributed by atoms with E-state index in [2.05, 4.69) is 4.99 Å². The third-order valence-electron chi connectivity index (χ3n) is 3.12. The monoisotopic (exact) mass is 302 g/mol. The number of nitrogens with zero attached hydrogens (tertiary/aromatic N) is 2. The van der Waals surface area contributed by atoms with E-state index in [4.69, 9.17) is 9.15 Å². The Hall–Kier alpha value is -2.34. The number of rotatable bonds is 3. The van der Waals surface area contributed by atoms with Gasteiger partial charge in [0.05, 0.1) is 18.2 Å². The van der Waals surface area contributed by atoms with E-state index in [-0.39, 0.29) is 5.63 Å². The number of methoxy groups -OCH3 is 1. The van der Waals surface area contributed by atoms with Crippen LogP contribution in [0.15, 0.2) is 49.9 Å². The minimum absolute atomic E-state index is 0.348. The standard InChI is InChI=1S/C15H14N2O3S/c1-3-17-13(19-2)9-21-15(17)16-11-5-6-12-10(8-11)4-7-14(18)20-12/h4-9H,3H2,1-2H3. The fourth-order valence-electron chi connectivity index (χ4n) is 2.10. The van der Waals surface area contributed by atoms with Crippen molar-refractivity contribution in [1.29, 1.82) is 0 Å². The zero-order valence-corrected chi connectivity index (χ0v) is 12.5. The summed E-state index contributed by atoms with van der Waals surface area (Å²) >= 11 is 1.53. The molecule has 1 aromatic carbocycles. The van der Waals surface area contributed by atoms with Gasteiger partial charge in [-0.3, -0.25) is 4.57 Å². The summed E-state index contributed by atoms with van der Waals surface area (Å²) < 4.78 is 12.4. The quantitative estimate of drug-likeness (QED) is 0.699. The van der Waals surface area contributed by atoms with Crippen molar-refractivity contribution in [3.63, 3.8) is 0 Å². The van der Waals surface area contributed by atoms with Crippen molar-refractivity contribution in [2.45, 2.75) is 13.5 Å². The highest BCUT2D eigenvalue weighted by molar-refractivity contribution is 7.07. The Kier molecular flexibility index (Phi) is 3.62. The Bertz CT molecular complexity index is 905. The van der Waals surface area contributed by atoms with Gasteiger partial charge in [-0.25, -0.2) is 9.79 Å². The van der Waals surface area contributed by atoms with E-state index >= 15 is 0 Å². The van der Waals surface area contributed by atoms with E-state index < -0.39 is 0 Å². The number of hydrogen-bond donors (Lipinski definition) is 0. The van der Waals surface area contributed by atoms with Gasteiger partial charge in [0, 0.05) is 18.0 Å². The van der Waals surface area contributed by atoms with Crippen LogP contribution in [0.5, 0.6) is 5.88 Å². The highest BCUT2D eigenvalue weighted by Gasteiger charge is 2.04. The van der Waals surface area contributed by atoms with Crippen LogP contribution in [0.25, 0.3) is 11.0 Å². The lowest BCUT2D eigenvalue weighted by molar-refractivity contribution is 0.372. The molecule has 0 spiro atoms. The van der Waals surface area contributed by atoms with Gasteiger partial charge in [-0.1, -0.05) is 0 Å². The Balaban J connectivity index is 2.13. The van der Waals surface area contributed by atoms with Crippen LogP contribution in [0, 0.1) is 0 Å². The van der Waals surface area contributed by atoms with Gasteiger partial charge in [0.15, 0.2) is 4.80 Å². The van der Waals surface area contributed by atoms with Crippen molar-refractivity contribution >= 4 is 28.0 Å². The maximum Gasteiger partial charge on any atom is 0.336 e. The van der Waals surface area contributed by atoms with Crippen LogP contribution >= 0.6 is 11.3 Å². The minimum Gasteiger partial charge on any atom is -0.482 e. The van der Waals surface area contributed by atoms with E-state index in [1.165, 1.54) is 17.4 Å². The average molecular weight is 302 g/mol. The molecule has 3 aromatic rings. The molecule has 0 aliphatic heterocycles. The molecule has 0 fully saturated rings. The summed E-state index contributed by atoms with van der Waals surface area (Å²) in [6.45, 7) is 2.83. The lowest BCUT2D eigenvalue weighted by Crippen LogP contribution is -2.14. The molecule has 0 amide bonds. The number of benzene rings is 1. The molecule has 0 aliphatic carbocycles. The number of hydrogen-bond acceptors (Lipinski definition) is 5. The number of ether oxygens (including phenoxy) is 1. The first-order valence-corrected chi connectivity index (χ1v) is 7.40. The van der Waals surface area contributed by atoms with Gasteiger partial charge in [-0.2, -0.15) is 0 Å². The molecule has 2 heterocycles. The fourth-order valence-corrected chi connectivity index (χ4v) is 3.03. The highest BCUT2D eigenvalue weighted by atomic mass is 32.1. The number of thiazole rings is 1. The second-order valence-corrected chi connectivity index (χ2v) is 5.23. The van der Waals surface area contributed by atoms with Crippen LogP contribution in [0.3, 0.4) is 0 Å². The molecule has 108 valence electrons. The van der Waals surface area contributed by atoms with Gasteiger partial charge in [0.1, 0.15) is 5.58 Å². The summed E-state index contributed by atoms with van der Waals surface area (Å²) in [5.74, 6) is 0.799. The van der Waals surface area contributed by atoms with Gasteiger partial charge in [0.25, 0.3) is 0 Å². The minimum atomic E-state index is -0.348.